The van der Waals surface area contributed by atoms with E-state index in [1.165, 1.54) is 37.8 Å². The molecule has 1 N–H and O–H groups in total. The van der Waals surface area contributed by atoms with Crippen LogP contribution >= 0.6 is 0 Å². The van der Waals surface area contributed by atoms with Crippen LogP contribution in [0.15, 0.2) is 42.5 Å². The average Bonchev–Trinajstić information content (AvgIpc) is 2.66. The Morgan fingerprint density at radius 2 is 1.77 bits per heavy atom. The molecular formula is C21H23N3O2. The number of nitro benzene ring substituents is 1. The Kier molecular flexibility index (Phi) is 7.38. The van der Waals surface area contributed by atoms with Crippen LogP contribution in [-0.4, -0.2) is 11.5 Å². The quantitative estimate of drug-likeness (QED) is 0.275. The number of nitrogens with one attached hydrogen (secondary N) is 1. The van der Waals surface area contributed by atoms with E-state index in [0.717, 1.165) is 23.4 Å². The molecule has 0 radical (unpaired) electrons. The van der Waals surface area contributed by atoms with Gasteiger partial charge in [-0.2, -0.15) is 5.26 Å². The number of hydrogen-bond acceptors (Lipinski definition) is 4. The molecule has 0 fully saturated rings. The fourth-order valence-electron chi connectivity index (χ4n) is 2.60. The summed E-state index contributed by atoms with van der Waals surface area (Å²) < 4.78 is 0. The van der Waals surface area contributed by atoms with Crippen LogP contribution in [0.2, 0.25) is 0 Å². The lowest BCUT2D eigenvalue weighted by Crippen LogP contribution is -2.00. The normalized spacial score (nSPS) is 10.6. The Labute approximate surface area is 154 Å². The van der Waals surface area contributed by atoms with E-state index in [0.29, 0.717) is 0 Å². The van der Waals surface area contributed by atoms with Gasteiger partial charge in [0.05, 0.1) is 4.92 Å². The van der Waals surface area contributed by atoms with Gasteiger partial charge < -0.3 is 5.32 Å². The lowest BCUT2D eigenvalue weighted by atomic mass is 10.1. The topological polar surface area (TPSA) is 79.0 Å². The molecule has 0 saturated carbocycles. The van der Waals surface area contributed by atoms with Gasteiger partial charge in [-0.1, -0.05) is 50.5 Å². The minimum absolute atomic E-state index is 0.0692. The summed E-state index contributed by atoms with van der Waals surface area (Å²) in [5.74, 6) is 0. The Morgan fingerprint density at radius 1 is 1.08 bits per heavy atom. The number of hydrogen-bond donors (Lipinski definition) is 1. The van der Waals surface area contributed by atoms with Gasteiger partial charge in [0.25, 0.3) is 5.69 Å². The molecule has 0 aliphatic carbocycles. The van der Waals surface area contributed by atoms with Gasteiger partial charge in [0, 0.05) is 18.3 Å². The van der Waals surface area contributed by atoms with Crippen molar-refractivity contribution in [3.63, 3.8) is 0 Å². The number of anilines is 1. The number of nitriles is 1. The van der Waals surface area contributed by atoms with Crippen LogP contribution in [0.1, 0.15) is 49.3 Å². The summed E-state index contributed by atoms with van der Waals surface area (Å²) in [5.41, 5.74) is 2.78. The van der Waals surface area contributed by atoms with E-state index in [2.05, 4.69) is 12.2 Å². The van der Waals surface area contributed by atoms with Crippen LogP contribution in [0.4, 0.5) is 11.4 Å². The van der Waals surface area contributed by atoms with Crippen LogP contribution in [0.5, 0.6) is 0 Å². The van der Waals surface area contributed by atoms with Crippen LogP contribution in [-0.2, 0) is 0 Å². The molecule has 2 aromatic carbocycles. The van der Waals surface area contributed by atoms with Crippen molar-refractivity contribution in [1.29, 1.82) is 5.26 Å². The number of unbranched alkanes of at least 4 members (excludes halogenated alkanes) is 3. The molecule has 0 amide bonds. The first-order valence-corrected chi connectivity index (χ1v) is 8.84. The molecule has 2 rings (SSSR count). The molecule has 5 heteroatoms. The third kappa shape index (κ3) is 5.75. The second kappa shape index (κ2) is 10.00. The van der Waals surface area contributed by atoms with Gasteiger partial charge in [-0.05, 0) is 41.8 Å². The van der Waals surface area contributed by atoms with Gasteiger partial charge in [0.1, 0.15) is 11.6 Å². The monoisotopic (exact) mass is 349 g/mol. The first kappa shape index (κ1) is 19.2. The summed E-state index contributed by atoms with van der Waals surface area (Å²) in [6.45, 7) is 3.19. The van der Waals surface area contributed by atoms with E-state index in [-0.39, 0.29) is 11.3 Å². The highest BCUT2D eigenvalue weighted by Crippen LogP contribution is 2.20. The Morgan fingerprint density at radius 3 is 2.42 bits per heavy atom. The van der Waals surface area contributed by atoms with Crippen molar-refractivity contribution >= 4 is 23.5 Å². The number of nitrogens with zero attached hydrogens (tertiary/aromatic N) is 2. The molecular weight excluding hydrogens is 326 g/mol. The second-order valence-corrected chi connectivity index (χ2v) is 6.09. The molecule has 134 valence electrons. The minimum atomic E-state index is -0.542. The highest BCUT2D eigenvalue weighted by molar-refractivity contribution is 5.72. The van der Waals surface area contributed by atoms with Crippen molar-refractivity contribution in [1.82, 2.24) is 0 Å². The molecule has 0 atom stereocenters. The summed E-state index contributed by atoms with van der Waals surface area (Å²) in [7, 11) is 0. The third-order valence-electron chi connectivity index (χ3n) is 4.08. The summed E-state index contributed by atoms with van der Waals surface area (Å²) in [5, 5.41) is 23.3. The molecule has 0 saturated heterocycles. The zero-order valence-electron chi connectivity index (χ0n) is 14.9. The average molecular weight is 349 g/mol. The highest BCUT2D eigenvalue weighted by Gasteiger charge is 2.12. The molecule has 0 aromatic heterocycles. The molecule has 0 unspecified atom stereocenters. The van der Waals surface area contributed by atoms with Crippen LogP contribution in [0.25, 0.3) is 12.2 Å². The largest absolute Gasteiger partial charge is 0.385 e. The summed E-state index contributed by atoms with van der Waals surface area (Å²) in [6, 6.07) is 14.5. The maximum absolute atomic E-state index is 10.9. The fraction of sp³-hybridized carbons (Fsp3) is 0.286. The van der Waals surface area contributed by atoms with Crippen molar-refractivity contribution < 1.29 is 4.92 Å². The molecule has 2 aromatic rings. The first-order valence-electron chi connectivity index (χ1n) is 8.84. The molecule has 0 spiro atoms. The zero-order chi connectivity index (χ0) is 18.8. The summed E-state index contributed by atoms with van der Waals surface area (Å²) in [4.78, 5) is 10.3. The lowest BCUT2D eigenvalue weighted by Gasteiger charge is -2.06. The summed E-state index contributed by atoms with van der Waals surface area (Å²) >= 11 is 0. The molecule has 5 nitrogen and oxygen atoms in total. The molecule has 0 aliphatic rings. The van der Waals surface area contributed by atoms with Crippen LogP contribution in [0, 0.1) is 21.4 Å². The van der Waals surface area contributed by atoms with Crippen molar-refractivity contribution in [2.24, 2.45) is 0 Å². The van der Waals surface area contributed by atoms with E-state index in [1.807, 2.05) is 42.5 Å². The van der Waals surface area contributed by atoms with Gasteiger partial charge >= 0.3 is 0 Å². The maximum atomic E-state index is 10.9. The van der Waals surface area contributed by atoms with Gasteiger partial charge in [-0.3, -0.25) is 10.1 Å². The van der Waals surface area contributed by atoms with Crippen LogP contribution < -0.4 is 5.32 Å². The van der Waals surface area contributed by atoms with Crippen molar-refractivity contribution in [3.8, 4) is 6.07 Å². The Hall–Kier alpha value is -3.13. The number of nitro groups is 1. The highest BCUT2D eigenvalue weighted by atomic mass is 16.6. The van der Waals surface area contributed by atoms with Gasteiger partial charge in [-0.25, -0.2) is 0 Å². The van der Waals surface area contributed by atoms with Crippen LogP contribution in [0.3, 0.4) is 0 Å². The zero-order valence-corrected chi connectivity index (χ0v) is 14.9. The third-order valence-corrected chi connectivity index (χ3v) is 4.08. The predicted octanol–water partition coefficient (Wildman–Crippen LogP) is 5.63. The number of rotatable bonds is 9. The van der Waals surface area contributed by atoms with E-state index < -0.39 is 4.92 Å². The Balaban J connectivity index is 1.96. The smallest absolute Gasteiger partial charge is 0.287 e. The first-order chi connectivity index (χ1) is 12.6. The van der Waals surface area contributed by atoms with Crippen molar-refractivity contribution in [2.45, 2.75) is 32.6 Å². The van der Waals surface area contributed by atoms with E-state index >= 15 is 0 Å². The van der Waals surface area contributed by atoms with E-state index in [9.17, 15) is 10.1 Å². The van der Waals surface area contributed by atoms with E-state index in [1.54, 1.807) is 6.07 Å². The standard InChI is InChI=1S/C21H23N3O2/c1-2-3-4-5-14-23-20-11-8-17(9-12-20)6-7-18-10-13-21(24(25)26)19(15-18)16-22/h6-13,15,23H,2-5,14H2,1H3. The molecule has 0 aliphatic heterocycles. The molecule has 26 heavy (non-hydrogen) atoms. The SMILES string of the molecule is CCCCCCNc1ccc(C=Cc2ccc([N+](=O)[O-])c(C#N)c2)cc1. The lowest BCUT2D eigenvalue weighted by molar-refractivity contribution is -0.385. The Bertz CT molecular complexity index is 805. The predicted molar refractivity (Wildman–Crippen MR) is 106 cm³/mol. The summed E-state index contributed by atoms with van der Waals surface area (Å²) in [6.07, 6.45) is 8.72. The molecule has 0 heterocycles. The second-order valence-electron chi connectivity index (χ2n) is 6.09. The van der Waals surface area contributed by atoms with Crippen molar-refractivity contribution in [3.05, 3.63) is 69.3 Å². The maximum Gasteiger partial charge on any atom is 0.287 e. The van der Waals surface area contributed by atoms with Gasteiger partial charge in [0.15, 0.2) is 0 Å². The number of benzene rings is 2. The van der Waals surface area contributed by atoms with Crippen molar-refractivity contribution in [2.75, 3.05) is 11.9 Å². The van der Waals surface area contributed by atoms with Gasteiger partial charge in [0.2, 0.25) is 0 Å². The molecule has 0 bridgehead atoms. The van der Waals surface area contributed by atoms with E-state index in [4.69, 9.17) is 5.26 Å². The van der Waals surface area contributed by atoms with Gasteiger partial charge in [-0.15, -0.1) is 0 Å². The fourth-order valence-corrected chi connectivity index (χ4v) is 2.60. The minimum Gasteiger partial charge on any atom is -0.385 e.